The molecule has 0 bridgehead atoms. The molecule has 0 radical (unpaired) electrons. The van der Waals surface area contributed by atoms with E-state index in [1.165, 1.54) is 16.7 Å². The number of methoxy groups -OCH3 is 1. The van der Waals surface area contributed by atoms with E-state index in [0.717, 1.165) is 16.9 Å². The Balaban J connectivity index is 1.45. The van der Waals surface area contributed by atoms with Gasteiger partial charge in [-0.1, -0.05) is 47.3 Å². The molecular formula is C26H22N4O3S2. The number of aromatic nitrogens is 4. The summed E-state index contributed by atoms with van der Waals surface area (Å²) in [5.41, 5.74) is 2.32. The van der Waals surface area contributed by atoms with Gasteiger partial charge in [0.1, 0.15) is 5.75 Å². The first-order valence-corrected chi connectivity index (χ1v) is 13.1. The van der Waals surface area contributed by atoms with Crippen molar-refractivity contribution in [1.82, 2.24) is 19.7 Å². The fourth-order valence-corrected chi connectivity index (χ4v) is 4.94. The van der Waals surface area contributed by atoms with E-state index in [1.807, 2.05) is 73.0 Å². The number of hydrogen-bond donors (Lipinski definition) is 0. The van der Waals surface area contributed by atoms with E-state index in [0.29, 0.717) is 40.1 Å². The number of thioether (sulfide) groups is 2. The van der Waals surface area contributed by atoms with Crippen molar-refractivity contribution in [1.29, 1.82) is 0 Å². The molecule has 0 fully saturated rings. The Labute approximate surface area is 210 Å². The highest BCUT2D eigenvalue weighted by atomic mass is 32.2. The van der Waals surface area contributed by atoms with Crippen LogP contribution < -0.4 is 10.3 Å². The van der Waals surface area contributed by atoms with E-state index in [2.05, 4.69) is 10.1 Å². The van der Waals surface area contributed by atoms with Gasteiger partial charge in [0, 0.05) is 16.0 Å². The van der Waals surface area contributed by atoms with Gasteiger partial charge in [0.2, 0.25) is 11.7 Å². The number of fused-ring (bicyclic) bond motifs is 1. The Hall–Kier alpha value is -3.56. The molecule has 0 atom stereocenters. The minimum atomic E-state index is -0.107. The molecule has 5 rings (SSSR count). The molecule has 0 aliphatic rings. The summed E-state index contributed by atoms with van der Waals surface area (Å²) in [4.78, 5) is 23.9. The van der Waals surface area contributed by atoms with Crippen LogP contribution in [-0.2, 0) is 12.3 Å². The molecule has 176 valence electrons. The molecule has 0 amide bonds. The normalized spacial score (nSPS) is 11.1. The Morgan fingerprint density at radius 3 is 2.54 bits per heavy atom. The molecule has 0 N–H and O–H groups in total. The molecule has 0 aliphatic heterocycles. The van der Waals surface area contributed by atoms with Gasteiger partial charge >= 0.3 is 0 Å². The molecule has 35 heavy (non-hydrogen) atoms. The predicted molar refractivity (Wildman–Crippen MR) is 139 cm³/mol. The van der Waals surface area contributed by atoms with Crippen molar-refractivity contribution >= 4 is 34.4 Å². The van der Waals surface area contributed by atoms with Gasteiger partial charge in [-0.05, 0) is 48.7 Å². The first-order valence-electron chi connectivity index (χ1n) is 10.9. The van der Waals surface area contributed by atoms with Crippen molar-refractivity contribution in [3.05, 3.63) is 94.6 Å². The van der Waals surface area contributed by atoms with Crippen LogP contribution in [0, 0.1) is 0 Å². The van der Waals surface area contributed by atoms with E-state index in [-0.39, 0.29) is 5.56 Å². The van der Waals surface area contributed by atoms with Crippen molar-refractivity contribution in [2.24, 2.45) is 0 Å². The fraction of sp³-hybridized carbons (Fsp3) is 0.154. The SMILES string of the molecule is COc1ccccc1Cn1c(SCc2nc(-c3ccc(SC)cc3)no2)nc2ccccc2c1=O. The molecule has 0 spiro atoms. The Bertz CT molecular complexity index is 1530. The number of rotatable bonds is 8. The Kier molecular flexibility index (Phi) is 6.87. The zero-order valence-corrected chi connectivity index (χ0v) is 20.8. The van der Waals surface area contributed by atoms with Crippen molar-refractivity contribution in [2.45, 2.75) is 22.3 Å². The Morgan fingerprint density at radius 1 is 0.971 bits per heavy atom. The van der Waals surface area contributed by atoms with Crippen molar-refractivity contribution in [2.75, 3.05) is 13.4 Å². The number of para-hydroxylation sites is 2. The van der Waals surface area contributed by atoms with Crippen LogP contribution in [0.4, 0.5) is 0 Å². The highest BCUT2D eigenvalue weighted by Gasteiger charge is 2.16. The second kappa shape index (κ2) is 10.4. The van der Waals surface area contributed by atoms with E-state index in [1.54, 1.807) is 29.5 Å². The third-order valence-electron chi connectivity index (χ3n) is 5.49. The monoisotopic (exact) mass is 502 g/mol. The highest BCUT2D eigenvalue weighted by molar-refractivity contribution is 7.98. The van der Waals surface area contributed by atoms with Crippen LogP contribution >= 0.6 is 23.5 Å². The van der Waals surface area contributed by atoms with E-state index >= 15 is 0 Å². The maximum atomic E-state index is 13.4. The minimum Gasteiger partial charge on any atom is -0.496 e. The van der Waals surface area contributed by atoms with Crippen LogP contribution in [0.25, 0.3) is 22.3 Å². The summed E-state index contributed by atoms with van der Waals surface area (Å²) in [7, 11) is 1.62. The zero-order valence-electron chi connectivity index (χ0n) is 19.2. The third-order valence-corrected chi connectivity index (χ3v) is 7.19. The van der Waals surface area contributed by atoms with E-state index in [9.17, 15) is 4.79 Å². The standard InChI is InChI=1S/C26H22N4O3S2/c1-32-22-10-6-3-7-18(22)15-30-25(31)20-8-4-5-9-21(20)27-26(30)35-16-23-28-24(29-33-23)17-11-13-19(34-2)14-12-17/h3-14H,15-16H2,1-2H3. The van der Waals surface area contributed by atoms with Crippen LogP contribution in [0.15, 0.2) is 92.2 Å². The quantitative estimate of drug-likeness (QED) is 0.203. The second-order valence-electron chi connectivity index (χ2n) is 7.64. The van der Waals surface area contributed by atoms with Gasteiger partial charge in [-0.25, -0.2) is 4.98 Å². The second-order valence-corrected chi connectivity index (χ2v) is 9.47. The topological polar surface area (TPSA) is 83.0 Å². The lowest BCUT2D eigenvalue weighted by atomic mass is 10.2. The summed E-state index contributed by atoms with van der Waals surface area (Å²) in [6.45, 7) is 0.333. The first-order chi connectivity index (χ1) is 17.2. The molecule has 2 aromatic heterocycles. The Morgan fingerprint density at radius 2 is 1.74 bits per heavy atom. The molecule has 3 aromatic carbocycles. The largest absolute Gasteiger partial charge is 0.496 e. The summed E-state index contributed by atoms with van der Waals surface area (Å²) >= 11 is 3.07. The summed E-state index contributed by atoms with van der Waals surface area (Å²) in [6, 6.07) is 23.0. The zero-order chi connectivity index (χ0) is 24.2. The number of benzene rings is 3. The molecule has 9 heteroatoms. The number of nitrogens with zero attached hydrogens (tertiary/aromatic N) is 4. The average Bonchev–Trinajstić information content (AvgIpc) is 3.39. The van der Waals surface area contributed by atoms with Gasteiger partial charge in [-0.2, -0.15) is 4.98 Å². The van der Waals surface area contributed by atoms with Crippen molar-refractivity contribution in [3.63, 3.8) is 0 Å². The molecule has 0 saturated heterocycles. The smallest absolute Gasteiger partial charge is 0.262 e. The van der Waals surface area contributed by atoms with Gasteiger partial charge in [-0.15, -0.1) is 11.8 Å². The van der Waals surface area contributed by atoms with Crippen molar-refractivity contribution in [3.8, 4) is 17.1 Å². The van der Waals surface area contributed by atoms with Crippen LogP contribution in [0.5, 0.6) is 5.75 Å². The number of hydrogen-bond acceptors (Lipinski definition) is 8. The molecule has 7 nitrogen and oxygen atoms in total. The molecule has 0 unspecified atom stereocenters. The average molecular weight is 503 g/mol. The molecular weight excluding hydrogens is 480 g/mol. The van der Waals surface area contributed by atoms with E-state index in [4.69, 9.17) is 14.2 Å². The van der Waals surface area contributed by atoms with Gasteiger partial charge in [0.05, 0.1) is 30.3 Å². The minimum absolute atomic E-state index is 0.107. The predicted octanol–water partition coefficient (Wildman–Crippen LogP) is 5.52. The summed E-state index contributed by atoms with van der Waals surface area (Å²) < 4.78 is 12.7. The van der Waals surface area contributed by atoms with Crippen LogP contribution in [0.3, 0.4) is 0 Å². The molecule has 5 aromatic rings. The molecule has 0 aliphatic carbocycles. The highest BCUT2D eigenvalue weighted by Crippen LogP contribution is 2.26. The lowest BCUT2D eigenvalue weighted by Crippen LogP contribution is -2.24. The summed E-state index contributed by atoms with van der Waals surface area (Å²) in [6.07, 6.45) is 2.03. The van der Waals surface area contributed by atoms with Crippen molar-refractivity contribution < 1.29 is 9.26 Å². The summed E-state index contributed by atoms with van der Waals surface area (Å²) in [5.74, 6) is 2.10. The van der Waals surface area contributed by atoms with Gasteiger partial charge in [0.15, 0.2) is 5.16 Å². The molecule has 0 saturated carbocycles. The molecule has 2 heterocycles. The van der Waals surface area contributed by atoms with Crippen LogP contribution in [-0.4, -0.2) is 33.1 Å². The van der Waals surface area contributed by atoms with Crippen LogP contribution in [0.2, 0.25) is 0 Å². The fourth-order valence-electron chi connectivity index (χ4n) is 3.70. The van der Waals surface area contributed by atoms with Gasteiger partial charge in [-0.3, -0.25) is 9.36 Å². The number of ether oxygens (including phenoxy) is 1. The van der Waals surface area contributed by atoms with Gasteiger partial charge in [0.25, 0.3) is 5.56 Å². The first kappa shape index (κ1) is 23.2. The lowest BCUT2D eigenvalue weighted by Gasteiger charge is -2.14. The van der Waals surface area contributed by atoms with Crippen LogP contribution in [0.1, 0.15) is 11.5 Å². The van der Waals surface area contributed by atoms with Gasteiger partial charge < -0.3 is 9.26 Å². The maximum Gasteiger partial charge on any atom is 0.262 e. The summed E-state index contributed by atoms with van der Waals surface area (Å²) in [5, 5.41) is 5.27. The maximum absolute atomic E-state index is 13.4. The van der Waals surface area contributed by atoms with E-state index < -0.39 is 0 Å². The lowest BCUT2D eigenvalue weighted by molar-refractivity contribution is 0.391. The third kappa shape index (κ3) is 4.96.